The van der Waals surface area contributed by atoms with Crippen LogP contribution >= 0.6 is 71.0 Å². The fourth-order valence-electron chi connectivity index (χ4n) is 6.21. The van der Waals surface area contributed by atoms with E-state index in [4.69, 9.17) is 23.2 Å². The summed E-state index contributed by atoms with van der Waals surface area (Å²) in [5.74, 6) is 0. The van der Waals surface area contributed by atoms with Gasteiger partial charge in [-0.3, -0.25) is 9.59 Å². The number of rotatable bonds is 0. The standard InChI is InChI=1S/C30H9Br3Cl2O2/c31-15-3-5-18(34)23-13-8-11-9-17(33)28-25-14(24-19(35)6-4-16(32)27(24)30(28)37)7-10-1-2-12(29(36)26(15)23)22(13)20(10)21(11)25/h1-9H. The van der Waals surface area contributed by atoms with Crippen LogP contribution in [0.4, 0.5) is 0 Å². The molecule has 176 valence electrons. The second-order valence-corrected chi connectivity index (χ2v) is 12.7. The molecule has 0 atom stereocenters. The fourth-order valence-corrected chi connectivity index (χ4v) is 8.37. The van der Waals surface area contributed by atoms with Crippen LogP contribution in [0.2, 0.25) is 10.0 Å². The van der Waals surface area contributed by atoms with E-state index in [1.165, 1.54) is 0 Å². The van der Waals surface area contributed by atoms with Gasteiger partial charge in [-0.1, -0.05) is 61.1 Å². The smallest absolute Gasteiger partial charge is 0.196 e. The Morgan fingerprint density at radius 3 is 1.65 bits per heavy atom. The van der Waals surface area contributed by atoms with E-state index >= 15 is 0 Å². The van der Waals surface area contributed by atoms with Gasteiger partial charge in [0.1, 0.15) is 0 Å². The molecule has 0 saturated heterocycles. The van der Waals surface area contributed by atoms with E-state index in [9.17, 15) is 9.59 Å². The highest BCUT2D eigenvalue weighted by Gasteiger charge is 2.25. The first kappa shape index (κ1) is 22.7. The van der Waals surface area contributed by atoms with Crippen molar-refractivity contribution in [3.8, 4) is 0 Å². The normalized spacial score (nSPS) is 12.7. The Balaban J connectivity index is 1.81. The Labute approximate surface area is 243 Å². The SMILES string of the molecule is O=c1c2ccc3cc4c5c(Cl)ccc(Br)c5c(=O)c5c(Br)cc6cc(c7c(Cl)ccc(Br)c17)c2c3c6c54. The zero-order chi connectivity index (χ0) is 25.5. The van der Waals surface area contributed by atoms with Crippen molar-refractivity contribution in [1.82, 2.24) is 0 Å². The van der Waals surface area contributed by atoms with Gasteiger partial charge in [0.15, 0.2) is 10.9 Å². The summed E-state index contributed by atoms with van der Waals surface area (Å²) in [6, 6.07) is 17.3. The second-order valence-electron chi connectivity index (χ2n) is 9.36. The molecule has 0 saturated carbocycles. The Morgan fingerprint density at radius 2 is 0.973 bits per heavy atom. The lowest BCUT2D eigenvalue weighted by molar-refractivity contribution is 1.68. The average molecular weight is 712 g/mol. The van der Waals surface area contributed by atoms with Crippen molar-refractivity contribution in [2.45, 2.75) is 0 Å². The van der Waals surface area contributed by atoms with Crippen molar-refractivity contribution in [2.24, 2.45) is 0 Å². The van der Waals surface area contributed by atoms with Crippen LogP contribution < -0.4 is 10.9 Å². The van der Waals surface area contributed by atoms with E-state index in [1.54, 1.807) is 0 Å². The van der Waals surface area contributed by atoms with Crippen LogP contribution in [0.25, 0.3) is 75.4 Å². The predicted octanol–water partition coefficient (Wildman–Crippen LogP) is 10.4. The van der Waals surface area contributed by atoms with Crippen LogP contribution in [-0.2, 0) is 0 Å². The third-order valence-electron chi connectivity index (χ3n) is 7.61. The molecule has 37 heavy (non-hydrogen) atoms. The topological polar surface area (TPSA) is 34.1 Å². The Morgan fingerprint density at radius 1 is 0.432 bits per heavy atom. The van der Waals surface area contributed by atoms with Crippen molar-refractivity contribution in [1.29, 1.82) is 0 Å². The molecule has 0 aromatic heterocycles. The molecule has 8 aromatic rings. The molecular formula is C30H9Br3Cl2O2. The van der Waals surface area contributed by atoms with Crippen LogP contribution in [0.15, 0.2) is 77.6 Å². The minimum Gasteiger partial charge on any atom is -0.289 e. The van der Waals surface area contributed by atoms with Crippen molar-refractivity contribution in [3.63, 3.8) is 0 Å². The Hall–Kier alpha value is -2.28. The number of hydrogen-bond donors (Lipinski definition) is 0. The number of fused-ring (bicyclic) bond motifs is 4. The molecule has 0 aliphatic carbocycles. The minimum atomic E-state index is -0.0948. The lowest BCUT2D eigenvalue weighted by Gasteiger charge is -2.20. The summed E-state index contributed by atoms with van der Waals surface area (Å²) in [5.41, 5.74) is -0.167. The molecule has 7 heteroatoms. The van der Waals surface area contributed by atoms with Crippen LogP contribution in [0.5, 0.6) is 0 Å². The van der Waals surface area contributed by atoms with Gasteiger partial charge >= 0.3 is 0 Å². The quantitative estimate of drug-likeness (QED) is 0.116. The van der Waals surface area contributed by atoms with E-state index in [1.807, 2.05) is 42.5 Å². The summed E-state index contributed by atoms with van der Waals surface area (Å²) < 4.78 is 2.12. The van der Waals surface area contributed by atoms with Crippen molar-refractivity contribution in [3.05, 3.63) is 98.5 Å². The third kappa shape index (κ3) is 2.67. The molecular weight excluding hydrogens is 703 g/mol. The lowest BCUT2D eigenvalue weighted by Crippen LogP contribution is -2.07. The molecule has 0 fully saturated rings. The number of halogens is 5. The molecule has 0 unspecified atom stereocenters. The second kappa shape index (κ2) is 7.43. The lowest BCUT2D eigenvalue weighted by atomic mass is 9.84. The first-order valence-electron chi connectivity index (χ1n) is 11.3. The van der Waals surface area contributed by atoms with Crippen molar-refractivity contribution in [2.75, 3.05) is 0 Å². The van der Waals surface area contributed by atoms with Gasteiger partial charge in [-0.25, -0.2) is 0 Å². The van der Waals surface area contributed by atoms with Gasteiger partial charge in [0.25, 0.3) is 0 Å². The van der Waals surface area contributed by atoms with Gasteiger partial charge in [-0.2, -0.15) is 0 Å². The number of hydrogen-bond acceptors (Lipinski definition) is 2. The van der Waals surface area contributed by atoms with Crippen LogP contribution in [-0.4, -0.2) is 0 Å². The van der Waals surface area contributed by atoms with Gasteiger partial charge in [-0.05, 0) is 96.8 Å². The first-order chi connectivity index (χ1) is 17.8. The summed E-state index contributed by atoms with van der Waals surface area (Å²) >= 11 is 24.3. The van der Waals surface area contributed by atoms with Gasteiger partial charge < -0.3 is 0 Å². The van der Waals surface area contributed by atoms with Crippen LogP contribution in [0, 0.1) is 0 Å². The maximum Gasteiger partial charge on any atom is 0.196 e. The zero-order valence-corrected chi connectivity index (χ0v) is 24.7. The van der Waals surface area contributed by atoms with E-state index in [2.05, 4.69) is 59.9 Å². The predicted molar refractivity (Wildman–Crippen MR) is 168 cm³/mol. The zero-order valence-electron chi connectivity index (χ0n) is 18.4. The van der Waals surface area contributed by atoms with Crippen LogP contribution in [0.3, 0.4) is 0 Å². The molecule has 0 aliphatic rings. The monoisotopic (exact) mass is 708 g/mol. The Kier molecular flexibility index (Phi) is 4.55. The van der Waals surface area contributed by atoms with Gasteiger partial charge in [0.05, 0.1) is 0 Å². The molecule has 0 heterocycles. The molecule has 8 rings (SSSR count). The highest BCUT2D eigenvalue weighted by Crippen LogP contribution is 2.49. The number of benzene rings is 8. The molecule has 0 amide bonds. The van der Waals surface area contributed by atoms with Crippen molar-refractivity contribution >= 4 is 146 Å². The maximum absolute atomic E-state index is 13.9. The van der Waals surface area contributed by atoms with E-state index < -0.39 is 0 Å². The summed E-state index contributed by atoms with van der Waals surface area (Å²) in [4.78, 5) is 27.7. The molecule has 0 bridgehead atoms. The van der Waals surface area contributed by atoms with Gasteiger partial charge in [0.2, 0.25) is 0 Å². The minimum absolute atomic E-state index is 0.0723. The summed E-state index contributed by atoms with van der Waals surface area (Å²) in [6.07, 6.45) is 0. The van der Waals surface area contributed by atoms with Crippen molar-refractivity contribution < 1.29 is 0 Å². The molecule has 0 aliphatic heterocycles. The third-order valence-corrected chi connectivity index (χ3v) is 10.2. The largest absolute Gasteiger partial charge is 0.289 e. The highest BCUT2D eigenvalue weighted by atomic mass is 79.9. The van der Waals surface area contributed by atoms with E-state index in [0.717, 1.165) is 53.9 Å². The average Bonchev–Trinajstić information content (AvgIpc) is 2.87. The maximum atomic E-state index is 13.9. The van der Waals surface area contributed by atoms with E-state index in [-0.39, 0.29) is 10.9 Å². The van der Waals surface area contributed by atoms with Gasteiger partial charge in [-0.15, -0.1) is 0 Å². The molecule has 2 nitrogen and oxygen atoms in total. The Bertz CT molecular complexity index is 2450. The highest BCUT2D eigenvalue weighted by molar-refractivity contribution is 9.11. The fraction of sp³-hybridized carbons (Fsp3) is 0. The van der Waals surface area contributed by atoms with Crippen LogP contribution in [0.1, 0.15) is 0 Å². The summed E-state index contributed by atoms with van der Waals surface area (Å²) in [6.45, 7) is 0. The molecule has 8 aromatic carbocycles. The summed E-state index contributed by atoms with van der Waals surface area (Å²) in [7, 11) is 0. The first-order valence-corrected chi connectivity index (χ1v) is 14.5. The van der Waals surface area contributed by atoms with Gasteiger partial charge in [0, 0.05) is 66.6 Å². The molecule has 0 spiro atoms. The molecule has 0 radical (unpaired) electrons. The van der Waals surface area contributed by atoms with E-state index in [0.29, 0.717) is 45.0 Å². The molecule has 0 N–H and O–H groups in total. The summed E-state index contributed by atoms with van der Waals surface area (Å²) in [5, 5.41) is 12.2.